The maximum atomic E-state index is 13.6. The molecule has 1 atom stereocenters. The summed E-state index contributed by atoms with van der Waals surface area (Å²) in [4.78, 5) is 27.8. The van der Waals surface area contributed by atoms with Gasteiger partial charge in [0.2, 0.25) is 15.9 Å². The molecule has 0 aliphatic carbocycles. The third kappa shape index (κ3) is 7.23. The summed E-state index contributed by atoms with van der Waals surface area (Å²) in [5.41, 5.74) is 4.48. The van der Waals surface area contributed by atoms with Crippen LogP contribution in [0.3, 0.4) is 0 Å². The van der Waals surface area contributed by atoms with Crippen molar-refractivity contribution in [3.05, 3.63) is 58.1 Å². The molecule has 0 saturated carbocycles. The summed E-state index contributed by atoms with van der Waals surface area (Å²) in [5.74, 6) is 0.113. The molecule has 0 aromatic heterocycles. The van der Waals surface area contributed by atoms with Crippen LogP contribution in [0.25, 0.3) is 0 Å². The minimum atomic E-state index is -3.97. The molecule has 1 amide bonds. The quantitative estimate of drug-likeness (QED) is 0.244. The number of nitro benzene ring substituents is 1. The molecule has 4 rings (SSSR count). The second-order valence-corrected chi connectivity index (χ2v) is 12.4. The molecule has 0 bridgehead atoms. The highest BCUT2D eigenvalue weighted by molar-refractivity contribution is 7.89. The van der Waals surface area contributed by atoms with Crippen LogP contribution in [0.2, 0.25) is 0 Å². The van der Waals surface area contributed by atoms with Crippen molar-refractivity contribution >= 4 is 39.2 Å². The molecule has 41 heavy (non-hydrogen) atoms. The summed E-state index contributed by atoms with van der Waals surface area (Å²) in [5, 5.41) is 15.8. The van der Waals surface area contributed by atoms with Crippen LogP contribution in [0, 0.1) is 16.0 Å². The van der Waals surface area contributed by atoms with E-state index in [9.17, 15) is 23.3 Å². The molecule has 2 heterocycles. The first-order valence-corrected chi connectivity index (χ1v) is 15.9. The number of benzene rings is 2. The number of non-ortho nitro benzene ring substituents is 1. The van der Waals surface area contributed by atoms with Crippen LogP contribution in [0.5, 0.6) is 0 Å². The number of hydrazone groups is 1. The summed E-state index contributed by atoms with van der Waals surface area (Å²) >= 11 is 0. The lowest BCUT2D eigenvalue weighted by molar-refractivity contribution is -0.385. The van der Waals surface area contributed by atoms with Gasteiger partial charge in [0.15, 0.2) is 0 Å². The summed E-state index contributed by atoms with van der Waals surface area (Å²) in [6.45, 7) is 7.59. The summed E-state index contributed by atoms with van der Waals surface area (Å²) in [6.07, 6.45) is 6.80. The molecule has 11 nitrogen and oxygen atoms in total. The van der Waals surface area contributed by atoms with Crippen LogP contribution in [0.4, 0.5) is 17.1 Å². The predicted octanol–water partition coefficient (Wildman–Crippen LogP) is 4.69. The lowest BCUT2D eigenvalue weighted by Gasteiger charge is -2.36. The van der Waals surface area contributed by atoms with Gasteiger partial charge in [0.1, 0.15) is 4.90 Å². The zero-order chi connectivity index (χ0) is 29.4. The van der Waals surface area contributed by atoms with Gasteiger partial charge >= 0.3 is 0 Å². The number of anilines is 2. The smallest absolute Gasteiger partial charge is 0.270 e. The van der Waals surface area contributed by atoms with E-state index in [0.717, 1.165) is 62.4 Å². The van der Waals surface area contributed by atoms with Crippen molar-refractivity contribution in [3.8, 4) is 0 Å². The molecule has 0 spiro atoms. The maximum absolute atomic E-state index is 13.6. The minimum Gasteiger partial charge on any atom is -0.370 e. The summed E-state index contributed by atoms with van der Waals surface area (Å²) < 4.78 is 28.6. The first-order chi connectivity index (χ1) is 19.8. The lowest BCUT2D eigenvalue weighted by Crippen LogP contribution is -2.45. The zero-order valence-electron chi connectivity index (χ0n) is 23.9. The van der Waals surface area contributed by atoms with Gasteiger partial charge in [-0.15, -0.1) is 0 Å². The van der Waals surface area contributed by atoms with E-state index in [1.54, 1.807) is 6.21 Å². The maximum Gasteiger partial charge on any atom is 0.270 e. The number of sulfonamides is 1. The number of hydrogen-bond donors (Lipinski definition) is 1. The minimum absolute atomic E-state index is 0.0707. The SMILES string of the molecule is CCN(CC)C(=O)C1CCCN(c2ccccc2C=NNc2ccc([N+](=O)[O-])cc2S(=O)(=O)N2CCCCCC2)C1. The molecular formula is C29H40N6O5S. The Balaban J connectivity index is 1.57. The number of carbonyl (C=O) groups excluding carboxylic acids is 1. The lowest BCUT2D eigenvalue weighted by atomic mass is 9.95. The highest BCUT2D eigenvalue weighted by Gasteiger charge is 2.30. The summed E-state index contributed by atoms with van der Waals surface area (Å²) in [7, 11) is -3.97. The van der Waals surface area contributed by atoms with Gasteiger partial charge in [-0.25, -0.2) is 8.42 Å². The van der Waals surface area contributed by atoms with Gasteiger partial charge in [0.25, 0.3) is 5.69 Å². The molecule has 2 aromatic carbocycles. The van der Waals surface area contributed by atoms with Gasteiger partial charge in [0.05, 0.1) is 22.7 Å². The van der Waals surface area contributed by atoms with Crippen LogP contribution in [0.15, 0.2) is 52.5 Å². The third-order valence-corrected chi connectivity index (χ3v) is 9.81. The molecule has 2 fully saturated rings. The van der Waals surface area contributed by atoms with E-state index >= 15 is 0 Å². The van der Waals surface area contributed by atoms with Crippen molar-refractivity contribution in [2.75, 3.05) is 49.6 Å². The number of rotatable bonds is 10. The predicted molar refractivity (Wildman–Crippen MR) is 161 cm³/mol. The van der Waals surface area contributed by atoms with Crippen LogP contribution in [-0.2, 0) is 14.8 Å². The Kier molecular flexibility index (Phi) is 10.3. The molecule has 1 unspecified atom stereocenters. The van der Waals surface area contributed by atoms with Crippen LogP contribution in [-0.4, -0.2) is 73.9 Å². The second kappa shape index (κ2) is 13.9. The number of carbonyl (C=O) groups is 1. The second-order valence-electron chi connectivity index (χ2n) is 10.5. The van der Waals surface area contributed by atoms with Gasteiger partial charge in [0, 0.05) is 62.7 Å². The molecular weight excluding hydrogens is 544 g/mol. The fourth-order valence-electron chi connectivity index (χ4n) is 5.60. The largest absolute Gasteiger partial charge is 0.370 e. The van der Waals surface area contributed by atoms with Crippen molar-refractivity contribution in [1.82, 2.24) is 9.21 Å². The van der Waals surface area contributed by atoms with Crippen LogP contribution >= 0.6 is 0 Å². The highest BCUT2D eigenvalue weighted by Crippen LogP contribution is 2.31. The number of nitrogens with one attached hydrogen (secondary N) is 1. The Hall–Kier alpha value is -3.51. The van der Waals surface area contributed by atoms with Crippen molar-refractivity contribution in [2.45, 2.75) is 57.3 Å². The fraction of sp³-hybridized carbons (Fsp3) is 0.517. The Morgan fingerprint density at radius 3 is 2.46 bits per heavy atom. The Morgan fingerprint density at radius 2 is 1.78 bits per heavy atom. The monoisotopic (exact) mass is 584 g/mol. The Labute approximate surface area is 242 Å². The standard InChI is InChI=1S/C29H40N6O5S/c1-3-32(4-2)29(36)24-13-11-17-33(22-24)27-14-8-7-12-23(27)21-30-31-26-16-15-25(35(37)38)20-28(26)41(39,40)34-18-9-5-6-10-19-34/h7-8,12,14-16,20-21,24,31H,3-6,9-11,13,17-19,22H2,1-2H3. The van der Waals surface area contributed by atoms with E-state index in [0.29, 0.717) is 32.7 Å². The topological polar surface area (TPSA) is 128 Å². The Morgan fingerprint density at radius 1 is 1.07 bits per heavy atom. The number of nitro groups is 1. The van der Waals surface area contributed by atoms with Crippen molar-refractivity contribution in [1.29, 1.82) is 0 Å². The molecule has 0 radical (unpaired) electrons. The summed E-state index contributed by atoms with van der Waals surface area (Å²) in [6, 6.07) is 11.5. The molecule has 2 aromatic rings. The third-order valence-electron chi connectivity index (χ3n) is 7.87. The molecule has 12 heteroatoms. The van der Waals surface area contributed by atoms with Gasteiger partial charge in [-0.3, -0.25) is 20.3 Å². The molecule has 1 N–H and O–H groups in total. The van der Waals surface area contributed by atoms with E-state index in [4.69, 9.17) is 0 Å². The first kappa shape index (κ1) is 30.4. The fourth-order valence-corrected chi connectivity index (χ4v) is 7.28. The van der Waals surface area contributed by atoms with E-state index in [1.165, 1.54) is 16.4 Å². The zero-order valence-corrected chi connectivity index (χ0v) is 24.7. The van der Waals surface area contributed by atoms with Crippen molar-refractivity contribution in [3.63, 3.8) is 0 Å². The highest BCUT2D eigenvalue weighted by atomic mass is 32.2. The number of para-hydroxylation sites is 1. The average molecular weight is 585 g/mol. The van der Waals surface area contributed by atoms with Gasteiger partial charge < -0.3 is 9.80 Å². The molecule has 2 aliphatic rings. The van der Waals surface area contributed by atoms with E-state index < -0.39 is 14.9 Å². The van der Waals surface area contributed by atoms with E-state index in [2.05, 4.69) is 15.4 Å². The number of amides is 1. The van der Waals surface area contributed by atoms with Crippen LogP contribution < -0.4 is 10.3 Å². The first-order valence-electron chi connectivity index (χ1n) is 14.5. The van der Waals surface area contributed by atoms with Crippen molar-refractivity contribution < 1.29 is 18.1 Å². The van der Waals surface area contributed by atoms with Crippen molar-refractivity contribution in [2.24, 2.45) is 11.0 Å². The van der Waals surface area contributed by atoms with E-state index in [-0.39, 0.29) is 28.1 Å². The van der Waals surface area contributed by atoms with Gasteiger partial charge in [-0.1, -0.05) is 31.0 Å². The number of nitrogens with zero attached hydrogens (tertiary/aromatic N) is 5. The van der Waals surface area contributed by atoms with Crippen LogP contribution in [0.1, 0.15) is 57.9 Å². The Bertz CT molecular complexity index is 1350. The van der Waals surface area contributed by atoms with E-state index in [1.807, 2.05) is 43.0 Å². The van der Waals surface area contributed by atoms with Gasteiger partial charge in [-0.05, 0) is 51.7 Å². The average Bonchev–Trinajstić information content (AvgIpc) is 3.28. The molecule has 222 valence electrons. The normalized spacial score (nSPS) is 18.7. The molecule has 2 aliphatic heterocycles. The number of hydrogen-bond acceptors (Lipinski definition) is 8. The number of piperidine rings is 1. The van der Waals surface area contributed by atoms with Gasteiger partial charge in [-0.2, -0.15) is 9.41 Å². The molecule has 2 saturated heterocycles.